The molecule has 0 radical (unpaired) electrons. The molecule has 0 spiro atoms. The third-order valence-electron chi connectivity index (χ3n) is 5.00. The molecule has 0 aliphatic heterocycles. The highest BCUT2D eigenvalue weighted by atomic mass is 16.2. The number of nitrogens with two attached hydrogens (primary N) is 1. The predicted molar refractivity (Wildman–Crippen MR) is 103 cm³/mol. The van der Waals surface area contributed by atoms with Crippen LogP contribution in [0.4, 0.5) is 0 Å². The molecule has 0 heterocycles. The summed E-state index contributed by atoms with van der Waals surface area (Å²) in [6.45, 7) is 0.371. The van der Waals surface area contributed by atoms with Crippen molar-refractivity contribution in [1.29, 1.82) is 0 Å². The van der Waals surface area contributed by atoms with Gasteiger partial charge in [-0.05, 0) is 48.4 Å². The minimum absolute atomic E-state index is 0.0286. The number of ketones is 1. The fourth-order valence-corrected chi connectivity index (χ4v) is 3.41. The summed E-state index contributed by atoms with van der Waals surface area (Å²) in [5, 5.41) is 2.82. The van der Waals surface area contributed by atoms with E-state index in [-0.39, 0.29) is 30.6 Å². The molecule has 4 heteroatoms. The zero-order valence-electron chi connectivity index (χ0n) is 15.0. The molecule has 2 aromatic carbocycles. The Bertz CT molecular complexity index is 771. The fraction of sp³-hybridized carbons (Fsp3) is 0.364. The minimum Gasteiger partial charge on any atom is -0.354 e. The normalized spacial score (nSPS) is 14.3. The van der Waals surface area contributed by atoms with E-state index < -0.39 is 0 Å². The first-order chi connectivity index (χ1) is 12.6. The number of rotatable bonds is 7. The van der Waals surface area contributed by atoms with Crippen LogP contribution >= 0.6 is 0 Å². The smallest absolute Gasteiger partial charge is 0.220 e. The summed E-state index contributed by atoms with van der Waals surface area (Å²) in [7, 11) is 0. The molecule has 1 aliphatic rings. The lowest BCUT2D eigenvalue weighted by Gasteiger charge is -2.16. The molecule has 0 bridgehead atoms. The summed E-state index contributed by atoms with van der Waals surface area (Å²) in [5.41, 5.74) is 10.4. The Morgan fingerprint density at radius 3 is 2.46 bits per heavy atom. The Hall–Kier alpha value is -2.46. The summed E-state index contributed by atoms with van der Waals surface area (Å²) in [5.74, 6) is -0.108. The molecule has 0 saturated carbocycles. The van der Waals surface area contributed by atoms with Gasteiger partial charge in [-0.1, -0.05) is 42.5 Å². The lowest BCUT2D eigenvalue weighted by molar-refractivity contribution is -0.121. The van der Waals surface area contributed by atoms with Crippen LogP contribution in [0.3, 0.4) is 0 Å². The van der Waals surface area contributed by atoms with Crippen molar-refractivity contribution >= 4 is 11.7 Å². The van der Waals surface area contributed by atoms with E-state index in [4.69, 9.17) is 5.73 Å². The number of fused-ring (bicyclic) bond motifs is 1. The number of hydrogen-bond acceptors (Lipinski definition) is 3. The standard InChI is InChI=1S/C22H26N2O2/c23-20(17-7-2-1-3-8-17)15-24-22(26)13-12-21(25)19-11-10-16-6-4-5-9-18(16)14-19/h1-3,7-8,10-11,14,20H,4-6,9,12-13,15,23H2,(H,24,26). The molecular weight excluding hydrogens is 324 g/mol. The van der Waals surface area contributed by atoms with Crippen LogP contribution in [0.5, 0.6) is 0 Å². The number of carbonyl (C=O) groups is 2. The van der Waals surface area contributed by atoms with Gasteiger partial charge in [0.05, 0.1) is 0 Å². The largest absolute Gasteiger partial charge is 0.354 e. The Balaban J connectivity index is 1.46. The van der Waals surface area contributed by atoms with E-state index in [0.717, 1.165) is 24.0 Å². The molecule has 2 aromatic rings. The summed E-state index contributed by atoms with van der Waals surface area (Å²) in [4.78, 5) is 24.4. The van der Waals surface area contributed by atoms with Gasteiger partial charge < -0.3 is 11.1 Å². The Morgan fingerprint density at radius 2 is 1.69 bits per heavy atom. The number of benzene rings is 2. The van der Waals surface area contributed by atoms with Gasteiger partial charge in [0.2, 0.25) is 5.91 Å². The maximum absolute atomic E-state index is 12.4. The van der Waals surface area contributed by atoms with Crippen LogP contribution in [0.15, 0.2) is 48.5 Å². The van der Waals surface area contributed by atoms with Crippen LogP contribution in [0, 0.1) is 0 Å². The van der Waals surface area contributed by atoms with Crippen LogP contribution in [0.25, 0.3) is 0 Å². The number of nitrogens with one attached hydrogen (secondary N) is 1. The summed E-state index contributed by atoms with van der Waals surface area (Å²) in [6.07, 6.45) is 4.99. The van der Waals surface area contributed by atoms with Gasteiger partial charge in [0, 0.05) is 31.0 Å². The van der Waals surface area contributed by atoms with Crippen LogP contribution in [-0.4, -0.2) is 18.2 Å². The van der Waals surface area contributed by atoms with Crippen molar-refractivity contribution in [3.05, 3.63) is 70.8 Å². The average molecular weight is 350 g/mol. The van der Waals surface area contributed by atoms with E-state index in [1.54, 1.807) is 0 Å². The van der Waals surface area contributed by atoms with Crippen molar-refractivity contribution in [1.82, 2.24) is 5.32 Å². The molecule has 1 amide bonds. The van der Waals surface area contributed by atoms with E-state index in [9.17, 15) is 9.59 Å². The van der Waals surface area contributed by atoms with Gasteiger partial charge in [-0.15, -0.1) is 0 Å². The average Bonchev–Trinajstić information content (AvgIpc) is 2.70. The van der Waals surface area contributed by atoms with Crippen LogP contribution in [0.2, 0.25) is 0 Å². The third kappa shape index (κ3) is 4.79. The van der Waals surface area contributed by atoms with Crippen molar-refractivity contribution < 1.29 is 9.59 Å². The van der Waals surface area contributed by atoms with Crippen molar-refractivity contribution in [2.75, 3.05) is 6.54 Å². The first-order valence-electron chi connectivity index (χ1n) is 9.35. The lowest BCUT2D eigenvalue weighted by Crippen LogP contribution is -2.32. The number of Topliss-reactive ketones (excluding diaryl/α,β-unsaturated/α-hetero) is 1. The van der Waals surface area contributed by atoms with Gasteiger partial charge in [-0.3, -0.25) is 9.59 Å². The number of aryl methyl sites for hydroxylation is 2. The molecule has 26 heavy (non-hydrogen) atoms. The highest BCUT2D eigenvalue weighted by Gasteiger charge is 2.14. The molecule has 136 valence electrons. The lowest BCUT2D eigenvalue weighted by atomic mass is 9.89. The van der Waals surface area contributed by atoms with Gasteiger partial charge in [0.25, 0.3) is 0 Å². The number of hydrogen-bond donors (Lipinski definition) is 2. The van der Waals surface area contributed by atoms with Gasteiger partial charge in [-0.2, -0.15) is 0 Å². The second-order valence-corrected chi connectivity index (χ2v) is 6.94. The molecule has 0 fully saturated rings. The van der Waals surface area contributed by atoms with Gasteiger partial charge in [0.1, 0.15) is 0 Å². The Kier molecular flexibility index (Phi) is 6.18. The van der Waals surface area contributed by atoms with Gasteiger partial charge in [0.15, 0.2) is 5.78 Å². The Morgan fingerprint density at radius 1 is 0.962 bits per heavy atom. The van der Waals surface area contributed by atoms with E-state index in [2.05, 4.69) is 11.4 Å². The quantitative estimate of drug-likeness (QED) is 0.752. The number of carbonyl (C=O) groups excluding carboxylic acids is 2. The van der Waals surface area contributed by atoms with Crippen molar-refractivity contribution in [2.45, 2.75) is 44.6 Å². The zero-order chi connectivity index (χ0) is 18.4. The zero-order valence-corrected chi connectivity index (χ0v) is 15.0. The summed E-state index contributed by atoms with van der Waals surface area (Å²) < 4.78 is 0. The van der Waals surface area contributed by atoms with Crippen molar-refractivity contribution in [3.63, 3.8) is 0 Å². The summed E-state index contributed by atoms with van der Waals surface area (Å²) in [6, 6.07) is 15.4. The molecule has 0 saturated heterocycles. The van der Waals surface area contributed by atoms with Gasteiger partial charge >= 0.3 is 0 Å². The monoisotopic (exact) mass is 350 g/mol. The topological polar surface area (TPSA) is 72.2 Å². The molecule has 1 aliphatic carbocycles. The second kappa shape index (κ2) is 8.77. The van der Waals surface area contributed by atoms with E-state index in [1.807, 2.05) is 42.5 Å². The fourth-order valence-electron chi connectivity index (χ4n) is 3.41. The molecule has 3 N–H and O–H groups in total. The van der Waals surface area contributed by atoms with E-state index in [0.29, 0.717) is 6.54 Å². The van der Waals surface area contributed by atoms with Gasteiger partial charge in [-0.25, -0.2) is 0 Å². The highest BCUT2D eigenvalue weighted by Crippen LogP contribution is 2.23. The van der Waals surface area contributed by atoms with Crippen LogP contribution < -0.4 is 11.1 Å². The van der Waals surface area contributed by atoms with Crippen LogP contribution in [-0.2, 0) is 17.6 Å². The predicted octanol–water partition coefficient (Wildman–Crippen LogP) is 3.34. The summed E-state index contributed by atoms with van der Waals surface area (Å²) >= 11 is 0. The minimum atomic E-state index is -0.239. The third-order valence-corrected chi connectivity index (χ3v) is 5.00. The van der Waals surface area contributed by atoms with E-state index in [1.165, 1.54) is 24.0 Å². The molecule has 4 nitrogen and oxygen atoms in total. The molecule has 1 unspecified atom stereocenters. The Labute approximate surface area is 154 Å². The SMILES string of the molecule is NC(CNC(=O)CCC(=O)c1ccc2c(c1)CCCC2)c1ccccc1. The van der Waals surface area contributed by atoms with Crippen molar-refractivity contribution in [3.8, 4) is 0 Å². The first-order valence-corrected chi connectivity index (χ1v) is 9.35. The van der Waals surface area contributed by atoms with Crippen molar-refractivity contribution in [2.24, 2.45) is 5.73 Å². The molecular formula is C22H26N2O2. The molecule has 0 aromatic heterocycles. The first kappa shape index (κ1) is 18.3. The van der Waals surface area contributed by atoms with Crippen LogP contribution in [0.1, 0.15) is 58.8 Å². The second-order valence-electron chi connectivity index (χ2n) is 6.94. The maximum Gasteiger partial charge on any atom is 0.220 e. The van der Waals surface area contributed by atoms with E-state index >= 15 is 0 Å². The molecule has 3 rings (SSSR count). The highest BCUT2D eigenvalue weighted by molar-refractivity contribution is 5.98. The maximum atomic E-state index is 12.4. The molecule has 1 atom stereocenters. The number of amides is 1.